The van der Waals surface area contributed by atoms with Gasteiger partial charge in [-0.15, -0.1) is 16.9 Å². The Labute approximate surface area is 478 Å². The van der Waals surface area contributed by atoms with Crippen molar-refractivity contribution in [3.63, 3.8) is 0 Å². The Kier molecular flexibility index (Phi) is 19.4. The average molecular weight is 1130 g/mol. The van der Waals surface area contributed by atoms with Gasteiger partial charge in [-0.2, -0.15) is 4.68 Å². The number of unbranched alkanes of at least 4 members (excludes halogenated alkanes) is 5. The Morgan fingerprint density at radius 3 is 2.32 bits per heavy atom. The number of aliphatic imine (C=N–C) groups is 1. The van der Waals surface area contributed by atoms with E-state index in [1.807, 2.05) is 15.9 Å². The van der Waals surface area contributed by atoms with E-state index in [4.69, 9.17) is 22.4 Å². The van der Waals surface area contributed by atoms with Crippen LogP contribution in [0.3, 0.4) is 0 Å². The standard InChI is InChI=1S/C61H76F2N12O5S/c1-38(40-20-22-43(62)23-21-40)49-37-81-59(68-49)51-18-14-29-74(51)61(80)55(69-58(78)39(2)65-3)41-26-31-72(32-27-41)53(77)19-11-9-7-6-8-10-15-45(76)16-12-30-75-57(66-4)54-42-33-52(56(64)67-35-42)73-28-13-17-50(73)47-34-44(63)24-25-46(47)60(79)71(5)36-48(54)70-75/h20-25,33-35,39,41,49-51,55,65H,1,6-19,26-32,36-37H2,2-3,5H3,(H2,64,67)(H,69,78)/t39-,49?,50-,51-,55-/m1/s1. The Balaban J connectivity index is 0.706. The highest BCUT2D eigenvalue weighted by Crippen LogP contribution is 2.44. The van der Waals surface area contributed by atoms with E-state index in [1.54, 1.807) is 60.7 Å². The molecule has 430 valence electrons. The van der Waals surface area contributed by atoms with Gasteiger partial charge in [-0.3, -0.25) is 29.0 Å². The predicted octanol–water partition coefficient (Wildman–Crippen LogP) is 9.30. The number of anilines is 2. The summed E-state index contributed by atoms with van der Waals surface area (Å²) in [6.07, 6.45) is 13.0. The molecule has 17 nitrogen and oxygen atoms in total. The van der Waals surface area contributed by atoms with Crippen LogP contribution in [-0.2, 0) is 32.3 Å². The fourth-order valence-corrected chi connectivity index (χ4v) is 13.5. The maximum atomic E-state index is 14.8. The molecule has 0 radical (unpaired) electrons. The maximum Gasteiger partial charge on any atom is 0.260 e. The summed E-state index contributed by atoms with van der Waals surface area (Å²) in [5.74, 6) is 0.0404. The number of halogens is 2. The highest BCUT2D eigenvalue weighted by molar-refractivity contribution is 8.14. The van der Waals surface area contributed by atoms with Gasteiger partial charge in [-0.25, -0.2) is 13.8 Å². The number of ketones is 1. The molecule has 9 rings (SSSR count). The highest BCUT2D eigenvalue weighted by Gasteiger charge is 2.43. The number of piperidine rings is 1. The minimum absolute atomic E-state index is 0.0915. The van der Waals surface area contributed by atoms with Gasteiger partial charge in [-0.1, -0.05) is 51.0 Å². The van der Waals surface area contributed by atoms with Crippen molar-refractivity contribution in [2.75, 3.05) is 56.7 Å². The quantitative estimate of drug-likeness (QED) is 0.0531. The van der Waals surface area contributed by atoms with E-state index in [1.165, 1.54) is 30.3 Å². The molecule has 4 aromatic rings. The number of hydrogen-bond donors (Lipinski definition) is 3. The van der Waals surface area contributed by atoms with Gasteiger partial charge in [0.15, 0.2) is 0 Å². The van der Waals surface area contributed by atoms with Gasteiger partial charge in [0.2, 0.25) is 17.7 Å². The Bertz CT molecular complexity index is 3060. The molecule has 2 aromatic carbocycles. The molecular weight excluding hydrogens is 1050 g/mol. The molecule has 5 aliphatic rings. The van der Waals surface area contributed by atoms with Crippen molar-refractivity contribution in [2.45, 2.75) is 153 Å². The van der Waals surface area contributed by atoms with Crippen molar-refractivity contribution in [3.8, 4) is 11.1 Å². The number of carbonyl (C=O) groups is 5. The fourth-order valence-electron chi connectivity index (χ4n) is 12.3. The van der Waals surface area contributed by atoms with Crippen LogP contribution in [0.2, 0.25) is 0 Å². The van der Waals surface area contributed by atoms with E-state index in [0.29, 0.717) is 129 Å². The van der Waals surface area contributed by atoms with Crippen LogP contribution in [0.4, 0.5) is 26.1 Å². The number of nitrogens with two attached hydrogens (primary N) is 1. The Hall–Kier alpha value is -6.98. The van der Waals surface area contributed by atoms with E-state index < -0.39 is 17.9 Å². The summed E-state index contributed by atoms with van der Waals surface area (Å²) in [4.78, 5) is 89.4. The largest absolute Gasteiger partial charge is 0.382 e. The van der Waals surface area contributed by atoms with Crippen molar-refractivity contribution in [3.05, 3.63) is 107 Å². The first-order valence-electron chi connectivity index (χ1n) is 28.9. The molecule has 2 aromatic heterocycles. The zero-order valence-corrected chi connectivity index (χ0v) is 47.8. The number of nitrogens with one attached hydrogen (secondary N) is 2. The fraction of sp³-hybridized carbons (Fsp3) is 0.525. The third-order valence-electron chi connectivity index (χ3n) is 17.0. The number of nitrogen functional groups attached to an aromatic ring is 1. The number of fused-ring (bicyclic) bond motifs is 8. The first-order chi connectivity index (χ1) is 39.1. The van der Waals surface area contributed by atoms with Crippen LogP contribution in [0.1, 0.15) is 143 Å². The van der Waals surface area contributed by atoms with Gasteiger partial charge in [0.25, 0.3) is 11.7 Å². The number of thioether (sulfide) groups is 1. The lowest BCUT2D eigenvalue weighted by Crippen LogP contribution is -2.58. The smallest absolute Gasteiger partial charge is 0.260 e. The second kappa shape index (κ2) is 26.7. The molecule has 20 heteroatoms. The van der Waals surface area contributed by atoms with Crippen molar-refractivity contribution in [1.29, 1.82) is 0 Å². The van der Waals surface area contributed by atoms with Crippen LogP contribution in [0.5, 0.6) is 0 Å². The summed E-state index contributed by atoms with van der Waals surface area (Å²) >= 11 is 1.63. The van der Waals surface area contributed by atoms with Gasteiger partial charge >= 0.3 is 0 Å². The molecule has 7 heterocycles. The SMILES string of the molecule is [C-]#[N+]c1c2c(nn1CCCC(=O)CCCCCCCCC(=O)N1CCC([C@@H](NC(=O)[C@@H](C)NC)C(=O)N3CCC[C@@H]3C3=NC(C(=C)c4ccc(F)cc4)CS3)CC1)CN(C)C(=O)c1ccc(F)cc1[C@H]1CCCN1c1cc-2cnc1N. The minimum atomic E-state index is -0.731. The first-order valence-corrected chi connectivity index (χ1v) is 29.9. The number of aromatic nitrogens is 3. The van der Waals surface area contributed by atoms with Gasteiger partial charge in [-0.05, 0) is 136 Å². The van der Waals surface area contributed by atoms with Crippen LogP contribution in [-0.4, -0.2) is 134 Å². The molecule has 3 fully saturated rings. The number of aryl methyl sites for hydroxylation is 1. The van der Waals surface area contributed by atoms with E-state index in [9.17, 15) is 32.8 Å². The second-order valence-corrected chi connectivity index (χ2v) is 23.4. The number of likely N-dealkylation sites (tertiary alicyclic amines) is 2. The highest BCUT2D eigenvalue weighted by atomic mass is 32.2. The monoisotopic (exact) mass is 1130 g/mol. The number of nitrogens with zero attached hydrogens (tertiary/aromatic N) is 9. The minimum Gasteiger partial charge on any atom is -0.382 e. The zero-order valence-electron chi connectivity index (χ0n) is 46.9. The molecular formula is C61H76F2N12O5S. The summed E-state index contributed by atoms with van der Waals surface area (Å²) in [6.45, 7) is 17.0. The molecule has 0 aliphatic carbocycles. The number of rotatable bonds is 21. The normalized spacial score (nSPS) is 19.9. The molecule has 1 unspecified atom stereocenters. The average Bonchev–Trinajstić information content (AvgIpc) is 4.33. The summed E-state index contributed by atoms with van der Waals surface area (Å²) in [5, 5.41) is 11.8. The van der Waals surface area contributed by atoms with Crippen LogP contribution in [0.15, 0.2) is 66.3 Å². The number of amides is 4. The van der Waals surface area contributed by atoms with E-state index in [2.05, 4.69) is 31.9 Å². The van der Waals surface area contributed by atoms with E-state index in [0.717, 1.165) is 74.0 Å². The van der Waals surface area contributed by atoms with Crippen LogP contribution >= 0.6 is 11.8 Å². The lowest BCUT2D eigenvalue weighted by atomic mass is 9.87. The number of Topliss-reactive ketones (excluding diaryl/α,β-unsaturated/α-hetero) is 1. The van der Waals surface area contributed by atoms with E-state index in [-0.39, 0.29) is 65.8 Å². The molecule has 0 spiro atoms. The van der Waals surface area contributed by atoms with Crippen molar-refractivity contribution >= 4 is 69.1 Å². The predicted molar refractivity (Wildman–Crippen MR) is 312 cm³/mol. The summed E-state index contributed by atoms with van der Waals surface area (Å²) in [5.41, 5.74) is 11.5. The number of pyridine rings is 1. The first kappa shape index (κ1) is 58.7. The van der Waals surface area contributed by atoms with Gasteiger partial charge in [0, 0.05) is 75.6 Å². The molecule has 0 saturated carbocycles. The van der Waals surface area contributed by atoms with Gasteiger partial charge < -0.3 is 40.8 Å². The Morgan fingerprint density at radius 1 is 0.889 bits per heavy atom. The van der Waals surface area contributed by atoms with Crippen molar-refractivity contribution in [1.82, 2.24) is 40.1 Å². The molecule has 4 N–H and O–H groups in total. The summed E-state index contributed by atoms with van der Waals surface area (Å²) < 4.78 is 30.0. The number of benzene rings is 2. The molecule has 2 bridgehead atoms. The molecule has 81 heavy (non-hydrogen) atoms. The zero-order chi connectivity index (χ0) is 57.3. The molecule has 3 saturated heterocycles. The van der Waals surface area contributed by atoms with Gasteiger partial charge in [0.05, 0.1) is 48.0 Å². The third kappa shape index (κ3) is 13.5. The second-order valence-electron chi connectivity index (χ2n) is 22.3. The van der Waals surface area contributed by atoms with E-state index >= 15 is 0 Å². The topological polar surface area (TPSA) is 196 Å². The van der Waals surface area contributed by atoms with Crippen LogP contribution in [0, 0.1) is 24.1 Å². The third-order valence-corrected chi connectivity index (χ3v) is 18.1. The lowest BCUT2D eigenvalue weighted by Gasteiger charge is -2.38. The Morgan fingerprint density at radius 2 is 1.58 bits per heavy atom. The van der Waals surface area contributed by atoms with Gasteiger partial charge in [0.1, 0.15) is 35.0 Å². The lowest BCUT2D eigenvalue weighted by molar-refractivity contribution is -0.139. The summed E-state index contributed by atoms with van der Waals surface area (Å²) in [6, 6.07) is 10.6. The van der Waals surface area contributed by atoms with Crippen LogP contribution in [0.25, 0.3) is 21.5 Å². The summed E-state index contributed by atoms with van der Waals surface area (Å²) in [7, 11) is 3.39. The van der Waals surface area contributed by atoms with Crippen LogP contribution < -0.4 is 21.3 Å². The molecule has 4 amide bonds. The molecule has 5 atom stereocenters. The number of likely N-dealkylation sites (N-methyl/N-ethyl adjacent to an activating group) is 1. The number of hydrogen-bond acceptors (Lipinski definition) is 12. The maximum absolute atomic E-state index is 14.8. The van der Waals surface area contributed by atoms with Crippen molar-refractivity contribution < 1.29 is 32.8 Å². The molecule has 5 aliphatic heterocycles. The number of carbonyl (C=O) groups excluding carboxylic acids is 5. The van der Waals surface area contributed by atoms with Crippen molar-refractivity contribution in [2.24, 2.45) is 10.9 Å².